The summed E-state index contributed by atoms with van der Waals surface area (Å²) in [5.41, 5.74) is 2.57. The summed E-state index contributed by atoms with van der Waals surface area (Å²) in [6.07, 6.45) is 4.38. The Morgan fingerprint density at radius 1 is 0.917 bits per heavy atom. The maximum absolute atomic E-state index is 12.5. The highest BCUT2D eigenvalue weighted by atomic mass is 16.5. The third-order valence-corrected chi connectivity index (χ3v) is 4.21. The molecule has 1 heterocycles. The first-order chi connectivity index (χ1) is 11.8. The minimum Gasteiger partial charge on any atom is -0.461 e. The van der Waals surface area contributed by atoms with Crippen molar-refractivity contribution in [3.8, 4) is 11.3 Å². The van der Waals surface area contributed by atoms with Gasteiger partial charge < -0.3 is 9.72 Å². The van der Waals surface area contributed by atoms with E-state index in [1.54, 1.807) is 0 Å². The van der Waals surface area contributed by atoms with E-state index in [1.165, 1.54) is 12.8 Å². The predicted octanol–water partition coefficient (Wildman–Crippen LogP) is 5.57. The molecule has 0 aliphatic heterocycles. The third-order valence-electron chi connectivity index (χ3n) is 4.21. The summed E-state index contributed by atoms with van der Waals surface area (Å²) in [6.45, 7) is 2.65. The second-order valence-electron chi connectivity index (χ2n) is 5.98. The van der Waals surface area contributed by atoms with Gasteiger partial charge in [0.25, 0.3) is 0 Å². The van der Waals surface area contributed by atoms with Gasteiger partial charge in [-0.25, -0.2) is 4.79 Å². The fourth-order valence-corrected chi connectivity index (χ4v) is 2.94. The number of aromatic amines is 1. The van der Waals surface area contributed by atoms with Gasteiger partial charge in [-0.05, 0) is 12.0 Å². The first-order valence-corrected chi connectivity index (χ1v) is 8.64. The number of carbonyl (C=O) groups excluding carboxylic acids is 1. The van der Waals surface area contributed by atoms with E-state index in [1.807, 2.05) is 54.6 Å². The van der Waals surface area contributed by atoms with Crippen molar-refractivity contribution in [2.45, 2.75) is 32.6 Å². The third kappa shape index (κ3) is 3.51. The average molecular weight is 321 g/mol. The summed E-state index contributed by atoms with van der Waals surface area (Å²) < 4.78 is 5.46. The zero-order valence-electron chi connectivity index (χ0n) is 14.0. The molecule has 3 nitrogen and oxygen atoms in total. The molecule has 1 aromatic heterocycles. The second-order valence-corrected chi connectivity index (χ2v) is 5.98. The lowest BCUT2D eigenvalue weighted by Gasteiger charge is -2.03. The van der Waals surface area contributed by atoms with Crippen LogP contribution in [0.5, 0.6) is 0 Å². The number of esters is 1. The first kappa shape index (κ1) is 16.3. The van der Waals surface area contributed by atoms with Gasteiger partial charge in [0.15, 0.2) is 0 Å². The van der Waals surface area contributed by atoms with Gasteiger partial charge in [0, 0.05) is 10.8 Å². The molecule has 0 fully saturated rings. The lowest BCUT2D eigenvalue weighted by atomic mass is 10.1. The van der Waals surface area contributed by atoms with Crippen LogP contribution in [0.15, 0.2) is 54.6 Å². The number of ether oxygens (including phenoxy) is 1. The van der Waals surface area contributed by atoms with Gasteiger partial charge in [0.05, 0.1) is 12.3 Å². The normalized spacial score (nSPS) is 10.9. The van der Waals surface area contributed by atoms with Crippen molar-refractivity contribution in [3.05, 3.63) is 60.3 Å². The summed E-state index contributed by atoms with van der Waals surface area (Å²) in [5, 5.41) is 1.96. The molecule has 0 radical (unpaired) electrons. The fraction of sp³-hybridized carbons (Fsp3) is 0.286. The number of H-pyrrole nitrogens is 1. The highest BCUT2D eigenvalue weighted by Gasteiger charge is 2.17. The number of nitrogens with one attached hydrogen (secondary N) is 1. The van der Waals surface area contributed by atoms with Crippen molar-refractivity contribution in [1.82, 2.24) is 4.98 Å². The highest BCUT2D eigenvalue weighted by molar-refractivity contribution is 6.08. The van der Waals surface area contributed by atoms with E-state index in [4.69, 9.17) is 4.74 Å². The molecular formula is C21H23NO2. The van der Waals surface area contributed by atoms with Gasteiger partial charge in [0.2, 0.25) is 0 Å². The van der Waals surface area contributed by atoms with E-state index in [0.717, 1.165) is 34.9 Å². The Morgan fingerprint density at radius 2 is 1.62 bits per heavy atom. The van der Waals surface area contributed by atoms with Crippen molar-refractivity contribution in [3.63, 3.8) is 0 Å². The van der Waals surface area contributed by atoms with Crippen molar-refractivity contribution in [1.29, 1.82) is 0 Å². The molecule has 0 aliphatic rings. The smallest absolute Gasteiger partial charge is 0.355 e. The summed E-state index contributed by atoms with van der Waals surface area (Å²) in [6, 6.07) is 18.0. The van der Waals surface area contributed by atoms with Crippen LogP contribution in [0.25, 0.3) is 22.0 Å². The summed E-state index contributed by atoms with van der Waals surface area (Å²) in [5.74, 6) is -0.273. The lowest BCUT2D eigenvalue weighted by molar-refractivity contribution is 0.0494. The Hall–Kier alpha value is -2.55. The molecule has 0 unspecified atom stereocenters. The number of rotatable bonds is 7. The Bertz CT molecular complexity index is 805. The molecule has 2 aromatic carbocycles. The van der Waals surface area contributed by atoms with E-state index in [2.05, 4.69) is 11.9 Å². The molecule has 1 N–H and O–H groups in total. The van der Waals surface area contributed by atoms with Gasteiger partial charge >= 0.3 is 5.97 Å². The molecule has 0 spiro atoms. The zero-order valence-corrected chi connectivity index (χ0v) is 14.0. The van der Waals surface area contributed by atoms with E-state index in [9.17, 15) is 4.79 Å². The molecular weight excluding hydrogens is 298 g/mol. The zero-order chi connectivity index (χ0) is 16.8. The van der Waals surface area contributed by atoms with E-state index in [-0.39, 0.29) is 5.97 Å². The number of aromatic nitrogens is 1. The highest BCUT2D eigenvalue weighted by Crippen LogP contribution is 2.30. The fourth-order valence-electron chi connectivity index (χ4n) is 2.94. The van der Waals surface area contributed by atoms with Crippen LogP contribution in [0.4, 0.5) is 0 Å². The maximum atomic E-state index is 12.5. The van der Waals surface area contributed by atoms with Crippen LogP contribution >= 0.6 is 0 Å². The Balaban J connectivity index is 1.85. The molecule has 3 heteroatoms. The number of hydrogen-bond donors (Lipinski definition) is 1. The molecule has 24 heavy (non-hydrogen) atoms. The lowest BCUT2D eigenvalue weighted by Crippen LogP contribution is -2.07. The number of unbranched alkanes of at least 4 members (excludes halogenated alkanes) is 3. The number of carbonyl (C=O) groups is 1. The largest absolute Gasteiger partial charge is 0.461 e. The molecule has 0 bridgehead atoms. The van der Waals surface area contributed by atoms with E-state index in [0.29, 0.717) is 12.3 Å². The van der Waals surface area contributed by atoms with Gasteiger partial charge in [-0.1, -0.05) is 80.8 Å². The molecule has 3 rings (SSSR count). The molecule has 3 aromatic rings. The van der Waals surface area contributed by atoms with E-state index < -0.39 is 0 Å². The molecule has 124 valence electrons. The molecule has 0 atom stereocenters. The summed E-state index contributed by atoms with van der Waals surface area (Å²) in [7, 11) is 0. The first-order valence-electron chi connectivity index (χ1n) is 8.64. The van der Waals surface area contributed by atoms with Gasteiger partial charge in [0.1, 0.15) is 5.69 Å². The van der Waals surface area contributed by atoms with Crippen molar-refractivity contribution >= 4 is 16.7 Å². The summed E-state index contributed by atoms with van der Waals surface area (Å²) >= 11 is 0. The maximum Gasteiger partial charge on any atom is 0.355 e. The average Bonchev–Trinajstić information content (AvgIpc) is 3.02. The predicted molar refractivity (Wildman–Crippen MR) is 98.2 cm³/mol. The molecule has 0 amide bonds. The monoisotopic (exact) mass is 321 g/mol. The van der Waals surface area contributed by atoms with Crippen LogP contribution < -0.4 is 0 Å². The van der Waals surface area contributed by atoms with Crippen LogP contribution in [0.2, 0.25) is 0 Å². The van der Waals surface area contributed by atoms with Gasteiger partial charge in [-0.15, -0.1) is 0 Å². The van der Waals surface area contributed by atoms with Crippen LogP contribution in [0, 0.1) is 0 Å². The SMILES string of the molecule is CCCCCCOC(=O)c1[nH]c(-c2ccccc2)c2ccccc12. The number of fused-ring (bicyclic) bond motifs is 1. The molecule has 0 saturated heterocycles. The van der Waals surface area contributed by atoms with Crippen LogP contribution in [0.3, 0.4) is 0 Å². The molecule has 0 saturated carbocycles. The summed E-state index contributed by atoms with van der Waals surface area (Å²) in [4.78, 5) is 15.8. The Morgan fingerprint density at radius 3 is 2.38 bits per heavy atom. The Labute approximate surface area is 142 Å². The minimum atomic E-state index is -0.273. The molecule has 0 aliphatic carbocycles. The van der Waals surface area contributed by atoms with Crippen LogP contribution in [-0.2, 0) is 4.74 Å². The Kier molecular flexibility index (Phi) is 5.32. The quantitative estimate of drug-likeness (QED) is 0.456. The van der Waals surface area contributed by atoms with Crippen LogP contribution in [0.1, 0.15) is 43.1 Å². The number of hydrogen-bond acceptors (Lipinski definition) is 2. The topological polar surface area (TPSA) is 42.1 Å². The van der Waals surface area contributed by atoms with Crippen LogP contribution in [-0.4, -0.2) is 17.6 Å². The minimum absolute atomic E-state index is 0.273. The van der Waals surface area contributed by atoms with Gasteiger partial charge in [-0.3, -0.25) is 0 Å². The van der Waals surface area contributed by atoms with Crippen molar-refractivity contribution < 1.29 is 9.53 Å². The van der Waals surface area contributed by atoms with Gasteiger partial charge in [-0.2, -0.15) is 0 Å². The van der Waals surface area contributed by atoms with Crippen molar-refractivity contribution in [2.24, 2.45) is 0 Å². The standard InChI is InChI=1S/C21H23NO2/c1-2-3-4-10-15-24-21(23)20-18-14-9-8-13-17(18)19(22-20)16-11-6-5-7-12-16/h5-9,11-14,22H,2-4,10,15H2,1H3. The second kappa shape index (κ2) is 7.82. The number of benzene rings is 2. The van der Waals surface area contributed by atoms with E-state index >= 15 is 0 Å². The van der Waals surface area contributed by atoms with Crippen molar-refractivity contribution in [2.75, 3.05) is 6.61 Å².